The monoisotopic (exact) mass is 340 g/mol. The largest absolute Gasteiger partial charge is 0.355 e. The van der Waals surface area contributed by atoms with Crippen molar-refractivity contribution in [3.8, 4) is 0 Å². The summed E-state index contributed by atoms with van der Waals surface area (Å²) in [5.41, 5.74) is 9.67. The van der Waals surface area contributed by atoms with Crippen molar-refractivity contribution in [1.82, 2.24) is 9.97 Å². The third-order valence-corrected chi connectivity index (χ3v) is 6.38. The molecule has 1 aromatic carbocycles. The standard InChI is InChI=1S/C19H24N4S/c1-2-24-17-13-21-16(12-22-17)23-9-7-19(8-10-23)11-14-5-3-4-6-15(14)18(19)20/h3-6,12-13,18H,2,7-11,20H2,1H3/t18-/m1/s1. The van der Waals surface area contributed by atoms with Crippen LogP contribution in [-0.4, -0.2) is 28.8 Å². The fourth-order valence-corrected chi connectivity index (χ4v) is 4.73. The summed E-state index contributed by atoms with van der Waals surface area (Å²) in [6.45, 7) is 4.15. The lowest BCUT2D eigenvalue weighted by molar-refractivity contribution is 0.187. The second-order valence-electron chi connectivity index (χ2n) is 6.85. The summed E-state index contributed by atoms with van der Waals surface area (Å²) < 4.78 is 0. The van der Waals surface area contributed by atoms with E-state index in [9.17, 15) is 0 Å². The van der Waals surface area contributed by atoms with Crippen molar-refractivity contribution < 1.29 is 0 Å². The zero-order chi connectivity index (χ0) is 16.6. The lowest BCUT2D eigenvalue weighted by Crippen LogP contribution is -2.44. The molecule has 0 amide bonds. The number of hydrogen-bond acceptors (Lipinski definition) is 5. The molecule has 4 rings (SSSR count). The van der Waals surface area contributed by atoms with Gasteiger partial charge in [-0.15, -0.1) is 11.8 Å². The topological polar surface area (TPSA) is 55.0 Å². The van der Waals surface area contributed by atoms with E-state index in [1.807, 2.05) is 12.4 Å². The Balaban J connectivity index is 1.46. The summed E-state index contributed by atoms with van der Waals surface area (Å²) in [5.74, 6) is 2.02. The Bertz CT molecular complexity index is 708. The molecule has 1 atom stereocenters. The molecule has 2 heterocycles. The molecule has 1 spiro atoms. The first-order valence-corrected chi connectivity index (χ1v) is 9.73. The molecule has 1 fully saturated rings. The second-order valence-corrected chi connectivity index (χ2v) is 8.13. The highest BCUT2D eigenvalue weighted by atomic mass is 32.2. The normalized spacial score (nSPS) is 21.9. The Morgan fingerprint density at radius 2 is 2.00 bits per heavy atom. The Labute approximate surface area is 147 Å². The quantitative estimate of drug-likeness (QED) is 0.868. The molecule has 1 saturated heterocycles. The third-order valence-electron chi connectivity index (χ3n) is 5.58. The van der Waals surface area contributed by atoms with Gasteiger partial charge in [-0.25, -0.2) is 9.97 Å². The number of nitrogens with zero attached hydrogens (tertiary/aromatic N) is 3. The van der Waals surface area contributed by atoms with Crippen LogP contribution in [0, 0.1) is 5.41 Å². The van der Waals surface area contributed by atoms with Crippen LogP contribution in [0.15, 0.2) is 41.7 Å². The van der Waals surface area contributed by atoms with Gasteiger partial charge in [0.05, 0.1) is 12.4 Å². The molecule has 0 saturated carbocycles. The zero-order valence-corrected chi connectivity index (χ0v) is 14.9. The molecular weight excluding hydrogens is 316 g/mol. The van der Waals surface area contributed by atoms with E-state index < -0.39 is 0 Å². The number of hydrogen-bond donors (Lipinski definition) is 1. The van der Waals surface area contributed by atoms with Gasteiger partial charge in [-0.05, 0) is 41.6 Å². The highest BCUT2D eigenvalue weighted by molar-refractivity contribution is 7.99. The van der Waals surface area contributed by atoms with Gasteiger partial charge in [0.25, 0.3) is 0 Å². The Hall–Kier alpha value is -1.59. The summed E-state index contributed by atoms with van der Waals surface area (Å²) in [4.78, 5) is 11.5. The summed E-state index contributed by atoms with van der Waals surface area (Å²) in [6.07, 6.45) is 7.17. The maximum atomic E-state index is 6.64. The van der Waals surface area contributed by atoms with E-state index >= 15 is 0 Å². The van der Waals surface area contributed by atoms with Crippen LogP contribution in [0.25, 0.3) is 0 Å². The van der Waals surface area contributed by atoms with Crippen molar-refractivity contribution in [2.45, 2.75) is 37.3 Å². The minimum atomic E-state index is 0.172. The third kappa shape index (κ3) is 2.70. The molecule has 1 aliphatic heterocycles. The van der Waals surface area contributed by atoms with Gasteiger partial charge in [0, 0.05) is 19.1 Å². The van der Waals surface area contributed by atoms with E-state index in [-0.39, 0.29) is 11.5 Å². The van der Waals surface area contributed by atoms with Crippen LogP contribution < -0.4 is 10.6 Å². The summed E-state index contributed by atoms with van der Waals surface area (Å²) in [6, 6.07) is 8.86. The molecule has 0 bridgehead atoms. The number of fused-ring (bicyclic) bond motifs is 1. The van der Waals surface area contributed by atoms with Crippen molar-refractivity contribution in [2.24, 2.45) is 11.1 Å². The SMILES string of the molecule is CCSc1cnc(N2CCC3(CC2)Cc2ccccc2[C@H]3N)cn1. The fraction of sp³-hybridized carbons (Fsp3) is 0.474. The van der Waals surface area contributed by atoms with Gasteiger partial charge in [0.2, 0.25) is 0 Å². The number of thioether (sulfide) groups is 1. The van der Waals surface area contributed by atoms with Crippen LogP contribution >= 0.6 is 11.8 Å². The number of aromatic nitrogens is 2. The van der Waals surface area contributed by atoms with Gasteiger partial charge in [-0.1, -0.05) is 31.2 Å². The van der Waals surface area contributed by atoms with Crippen LogP contribution in [0.2, 0.25) is 0 Å². The molecule has 2 N–H and O–H groups in total. The summed E-state index contributed by atoms with van der Waals surface area (Å²) in [7, 11) is 0. The molecule has 0 unspecified atom stereocenters. The first-order chi connectivity index (χ1) is 11.7. The lowest BCUT2D eigenvalue weighted by Gasteiger charge is -2.42. The van der Waals surface area contributed by atoms with E-state index in [1.165, 1.54) is 11.1 Å². The number of rotatable bonds is 3. The Morgan fingerprint density at radius 3 is 2.67 bits per heavy atom. The van der Waals surface area contributed by atoms with Crippen LogP contribution in [0.5, 0.6) is 0 Å². The maximum absolute atomic E-state index is 6.64. The van der Waals surface area contributed by atoms with E-state index in [4.69, 9.17) is 5.73 Å². The van der Waals surface area contributed by atoms with Gasteiger partial charge < -0.3 is 10.6 Å². The van der Waals surface area contributed by atoms with Gasteiger partial charge in [0.1, 0.15) is 10.8 Å². The van der Waals surface area contributed by atoms with Crippen LogP contribution in [-0.2, 0) is 6.42 Å². The van der Waals surface area contributed by atoms with Crippen LogP contribution in [0.3, 0.4) is 0 Å². The Morgan fingerprint density at radius 1 is 1.21 bits per heavy atom. The minimum absolute atomic E-state index is 0.172. The summed E-state index contributed by atoms with van der Waals surface area (Å²) >= 11 is 1.73. The predicted octanol–water partition coefficient (Wildman–Crippen LogP) is 3.43. The summed E-state index contributed by atoms with van der Waals surface area (Å²) in [5, 5.41) is 1.00. The molecule has 1 aliphatic carbocycles. The lowest BCUT2D eigenvalue weighted by atomic mass is 9.73. The van der Waals surface area contributed by atoms with E-state index in [0.717, 1.165) is 48.9 Å². The number of benzene rings is 1. The van der Waals surface area contributed by atoms with Crippen LogP contribution in [0.1, 0.15) is 36.9 Å². The van der Waals surface area contributed by atoms with Crippen LogP contribution in [0.4, 0.5) is 5.82 Å². The van der Waals surface area contributed by atoms with Gasteiger partial charge in [-0.2, -0.15) is 0 Å². The smallest absolute Gasteiger partial charge is 0.147 e. The molecule has 5 heteroatoms. The first kappa shape index (κ1) is 15.9. The van der Waals surface area contributed by atoms with Gasteiger partial charge >= 0.3 is 0 Å². The fourth-order valence-electron chi connectivity index (χ4n) is 4.18. The number of anilines is 1. The average Bonchev–Trinajstić information content (AvgIpc) is 2.89. The van der Waals surface area contributed by atoms with Crippen molar-refractivity contribution in [3.05, 3.63) is 47.8 Å². The molecule has 24 heavy (non-hydrogen) atoms. The molecule has 0 radical (unpaired) electrons. The molecule has 2 aromatic rings. The van der Waals surface area contributed by atoms with Crippen molar-refractivity contribution in [1.29, 1.82) is 0 Å². The van der Waals surface area contributed by atoms with E-state index in [0.29, 0.717) is 0 Å². The average molecular weight is 340 g/mol. The minimum Gasteiger partial charge on any atom is -0.355 e. The number of nitrogens with two attached hydrogens (primary N) is 1. The first-order valence-electron chi connectivity index (χ1n) is 8.75. The van der Waals surface area contributed by atoms with E-state index in [1.54, 1.807) is 11.8 Å². The van der Waals surface area contributed by atoms with E-state index in [2.05, 4.69) is 46.1 Å². The second kappa shape index (κ2) is 6.37. The predicted molar refractivity (Wildman–Crippen MR) is 99.4 cm³/mol. The zero-order valence-electron chi connectivity index (χ0n) is 14.1. The number of piperidine rings is 1. The highest BCUT2D eigenvalue weighted by Crippen LogP contribution is 2.50. The van der Waals surface area contributed by atoms with Gasteiger partial charge in [0.15, 0.2) is 0 Å². The molecule has 126 valence electrons. The van der Waals surface area contributed by atoms with Crippen molar-refractivity contribution in [2.75, 3.05) is 23.7 Å². The van der Waals surface area contributed by atoms with Crippen molar-refractivity contribution in [3.63, 3.8) is 0 Å². The van der Waals surface area contributed by atoms with Crippen molar-refractivity contribution >= 4 is 17.6 Å². The highest BCUT2D eigenvalue weighted by Gasteiger charge is 2.45. The molecular formula is C19H24N4S. The molecule has 4 nitrogen and oxygen atoms in total. The molecule has 1 aromatic heterocycles. The Kier molecular flexibility index (Phi) is 4.22. The van der Waals surface area contributed by atoms with Gasteiger partial charge in [-0.3, -0.25) is 0 Å². The molecule has 2 aliphatic rings. The maximum Gasteiger partial charge on any atom is 0.147 e.